The molecule has 0 fully saturated rings. The monoisotopic (exact) mass is 296 g/mol. The van der Waals surface area contributed by atoms with Gasteiger partial charge in [0.15, 0.2) is 9.84 Å². The fraction of sp³-hybridized carbons (Fsp3) is 0.231. The predicted molar refractivity (Wildman–Crippen MR) is 80.3 cm³/mol. The zero-order valence-corrected chi connectivity index (χ0v) is 12.4. The summed E-state index contributed by atoms with van der Waals surface area (Å²) in [4.78, 5) is 0.235. The Morgan fingerprint density at radius 2 is 2.05 bits per heavy atom. The van der Waals surface area contributed by atoms with Crippen LogP contribution in [-0.4, -0.2) is 14.7 Å². The summed E-state index contributed by atoms with van der Waals surface area (Å²) >= 11 is 1.64. The molecule has 2 rings (SSSR count). The molecular weight excluding hydrogens is 280 g/mol. The van der Waals surface area contributed by atoms with Gasteiger partial charge in [0.2, 0.25) is 0 Å². The first-order chi connectivity index (χ1) is 8.88. The lowest BCUT2D eigenvalue weighted by Gasteiger charge is -2.16. The Morgan fingerprint density at radius 1 is 1.32 bits per heavy atom. The van der Waals surface area contributed by atoms with E-state index < -0.39 is 9.84 Å². The number of anilines is 2. The van der Waals surface area contributed by atoms with Gasteiger partial charge in [-0.15, -0.1) is 0 Å². The minimum Gasteiger partial charge on any atom is -0.397 e. The van der Waals surface area contributed by atoms with Crippen LogP contribution in [-0.2, 0) is 9.84 Å². The highest BCUT2D eigenvalue weighted by Gasteiger charge is 2.11. The third-order valence-corrected chi connectivity index (χ3v) is 4.68. The van der Waals surface area contributed by atoms with Crippen molar-refractivity contribution in [3.05, 3.63) is 40.6 Å². The van der Waals surface area contributed by atoms with Crippen LogP contribution >= 0.6 is 11.3 Å². The smallest absolute Gasteiger partial charge is 0.175 e. The quantitative estimate of drug-likeness (QED) is 0.851. The van der Waals surface area contributed by atoms with Crippen molar-refractivity contribution < 1.29 is 8.42 Å². The molecule has 6 heteroatoms. The second kappa shape index (κ2) is 5.22. The number of hydrogen-bond donors (Lipinski definition) is 2. The first kappa shape index (κ1) is 13.9. The van der Waals surface area contributed by atoms with Gasteiger partial charge in [-0.05, 0) is 47.5 Å². The fourth-order valence-corrected chi connectivity index (χ4v) is 3.15. The summed E-state index contributed by atoms with van der Waals surface area (Å²) in [7, 11) is -3.22. The minimum atomic E-state index is -3.22. The topological polar surface area (TPSA) is 72.2 Å². The molecule has 0 saturated heterocycles. The van der Waals surface area contributed by atoms with E-state index in [4.69, 9.17) is 5.73 Å². The van der Waals surface area contributed by atoms with Crippen LogP contribution in [0.3, 0.4) is 0 Å². The summed E-state index contributed by atoms with van der Waals surface area (Å²) in [6.45, 7) is 2.03. The van der Waals surface area contributed by atoms with Crippen molar-refractivity contribution in [1.29, 1.82) is 0 Å². The molecule has 0 bridgehead atoms. The largest absolute Gasteiger partial charge is 0.397 e. The highest BCUT2D eigenvalue weighted by Crippen LogP contribution is 2.27. The summed E-state index contributed by atoms with van der Waals surface area (Å²) in [5, 5.41) is 7.36. The van der Waals surface area contributed by atoms with Gasteiger partial charge < -0.3 is 11.1 Å². The van der Waals surface area contributed by atoms with Crippen molar-refractivity contribution in [1.82, 2.24) is 0 Å². The molecule has 0 radical (unpaired) electrons. The molecule has 2 aromatic rings. The highest BCUT2D eigenvalue weighted by molar-refractivity contribution is 7.90. The van der Waals surface area contributed by atoms with Gasteiger partial charge in [-0.25, -0.2) is 8.42 Å². The van der Waals surface area contributed by atoms with Crippen molar-refractivity contribution >= 4 is 32.5 Å². The number of sulfone groups is 1. The SMILES string of the molecule is CC(Nc1ccc(S(C)(=O)=O)cc1N)c1ccsc1. The molecule has 1 aromatic heterocycles. The van der Waals surface area contributed by atoms with Crippen molar-refractivity contribution in [3.8, 4) is 0 Å². The Morgan fingerprint density at radius 3 is 2.58 bits per heavy atom. The second-order valence-corrected chi connectivity index (χ2v) is 7.24. The Bertz CT molecular complexity index is 664. The molecule has 0 aliphatic carbocycles. The fourth-order valence-electron chi connectivity index (χ4n) is 1.74. The number of nitrogen functional groups attached to an aromatic ring is 1. The van der Waals surface area contributed by atoms with Crippen LogP contribution in [0.4, 0.5) is 11.4 Å². The lowest BCUT2D eigenvalue weighted by Crippen LogP contribution is -2.08. The lowest BCUT2D eigenvalue weighted by molar-refractivity contribution is 0.602. The Balaban J connectivity index is 2.23. The zero-order chi connectivity index (χ0) is 14.0. The van der Waals surface area contributed by atoms with Gasteiger partial charge >= 0.3 is 0 Å². The molecule has 0 spiro atoms. The molecule has 3 N–H and O–H groups in total. The number of rotatable bonds is 4. The third-order valence-electron chi connectivity index (χ3n) is 2.87. The van der Waals surface area contributed by atoms with Gasteiger partial charge in [-0.3, -0.25) is 0 Å². The highest BCUT2D eigenvalue weighted by atomic mass is 32.2. The lowest BCUT2D eigenvalue weighted by atomic mass is 10.1. The first-order valence-corrected chi connectivity index (χ1v) is 8.59. The average Bonchev–Trinajstić information content (AvgIpc) is 2.84. The summed E-state index contributed by atoms with van der Waals surface area (Å²) in [5.74, 6) is 0. The normalized spacial score (nSPS) is 13.2. The molecule has 1 heterocycles. The number of nitrogens with two attached hydrogens (primary N) is 1. The van der Waals surface area contributed by atoms with Crippen molar-refractivity contribution in [2.24, 2.45) is 0 Å². The van der Waals surface area contributed by atoms with E-state index in [-0.39, 0.29) is 10.9 Å². The molecule has 0 amide bonds. The number of hydrogen-bond acceptors (Lipinski definition) is 5. The Kier molecular flexibility index (Phi) is 3.82. The van der Waals surface area contributed by atoms with Gasteiger partial charge in [0.05, 0.1) is 16.3 Å². The van der Waals surface area contributed by atoms with E-state index in [9.17, 15) is 8.42 Å². The predicted octanol–water partition coefficient (Wildman–Crippen LogP) is 2.91. The molecule has 1 aromatic carbocycles. The molecule has 102 valence electrons. The van der Waals surface area contributed by atoms with Crippen LogP contribution in [0.15, 0.2) is 39.9 Å². The maximum Gasteiger partial charge on any atom is 0.175 e. The van der Waals surface area contributed by atoms with Crippen LogP contribution in [0.1, 0.15) is 18.5 Å². The second-order valence-electron chi connectivity index (χ2n) is 4.44. The molecule has 19 heavy (non-hydrogen) atoms. The van der Waals surface area contributed by atoms with Crippen LogP contribution in [0.25, 0.3) is 0 Å². The maximum absolute atomic E-state index is 11.4. The Labute approximate surface area is 117 Å². The molecule has 0 aliphatic rings. The summed E-state index contributed by atoms with van der Waals surface area (Å²) in [5.41, 5.74) is 8.25. The van der Waals surface area contributed by atoms with Crippen molar-refractivity contribution in [2.45, 2.75) is 17.9 Å². The van der Waals surface area contributed by atoms with Crippen LogP contribution in [0.2, 0.25) is 0 Å². The number of thiophene rings is 1. The van der Waals surface area contributed by atoms with E-state index in [1.54, 1.807) is 23.5 Å². The Hall–Kier alpha value is -1.53. The zero-order valence-electron chi connectivity index (χ0n) is 10.8. The van der Waals surface area contributed by atoms with Gasteiger partial charge in [-0.2, -0.15) is 11.3 Å². The third kappa shape index (κ3) is 3.27. The van der Waals surface area contributed by atoms with E-state index in [2.05, 4.69) is 10.7 Å². The summed E-state index contributed by atoms with van der Waals surface area (Å²) < 4.78 is 22.9. The summed E-state index contributed by atoms with van der Waals surface area (Å²) in [6, 6.07) is 6.92. The number of nitrogens with one attached hydrogen (secondary N) is 1. The minimum absolute atomic E-state index is 0.123. The maximum atomic E-state index is 11.4. The van der Waals surface area contributed by atoms with E-state index in [1.165, 1.54) is 17.9 Å². The van der Waals surface area contributed by atoms with Gasteiger partial charge in [0, 0.05) is 12.3 Å². The van der Waals surface area contributed by atoms with Gasteiger partial charge in [-0.1, -0.05) is 0 Å². The molecule has 0 saturated carbocycles. The van der Waals surface area contributed by atoms with E-state index >= 15 is 0 Å². The van der Waals surface area contributed by atoms with E-state index in [0.29, 0.717) is 5.69 Å². The molecule has 1 unspecified atom stereocenters. The number of benzene rings is 1. The van der Waals surface area contributed by atoms with Crippen LogP contribution in [0, 0.1) is 0 Å². The van der Waals surface area contributed by atoms with Crippen molar-refractivity contribution in [3.63, 3.8) is 0 Å². The molecule has 1 atom stereocenters. The van der Waals surface area contributed by atoms with E-state index in [0.717, 1.165) is 5.69 Å². The standard InChI is InChI=1S/C13H16N2O2S2/c1-9(10-5-6-18-8-10)15-13-4-3-11(7-12(13)14)19(2,16)17/h3-9,15H,14H2,1-2H3. The van der Waals surface area contributed by atoms with Gasteiger partial charge in [0.25, 0.3) is 0 Å². The molecule has 0 aliphatic heterocycles. The average molecular weight is 296 g/mol. The molecule has 4 nitrogen and oxygen atoms in total. The molecular formula is C13H16N2O2S2. The van der Waals surface area contributed by atoms with E-state index in [1.807, 2.05) is 18.4 Å². The van der Waals surface area contributed by atoms with Crippen LogP contribution < -0.4 is 11.1 Å². The van der Waals surface area contributed by atoms with Crippen molar-refractivity contribution in [2.75, 3.05) is 17.3 Å². The van der Waals surface area contributed by atoms with Gasteiger partial charge in [0.1, 0.15) is 0 Å². The summed E-state index contributed by atoms with van der Waals surface area (Å²) in [6.07, 6.45) is 1.17. The first-order valence-electron chi connectivity index (χ1n) is 5.76. The van der Waals surface area contributed by atoms with Crippen LogP contribution in [0.5, 0.6) is 0 Å².